The minimum Gasteiger partial charge on any atom is -0.277 e. The molecular weight excluding hydrogens is 348 g/mol. The molecule has 0 saturated heterocycles. The van der Waals surface area contributed by atoms with Crippen LogP contribution < -0.4 is 4.72 Å². The smallest absolute Gasteiger partial charge is 0.263 e. The number of halogens is 4. The second-order valence-corrected chi connectivity index (χ2v) is 6.65. The van der Waals surface area contributed by atoms with Crippen LogP contribution in [0.2, 0.25) is 15.1 Å². The summed E-state index contributed by atoms with van der Waals surface area (Å²) in [6.45, 7) is 0. The average molecular weight is 355 g/mol. The normalized spacial score (nSPS) is 11.4. The molecule has 0 spiro atoms. The maximum atomic E-state index is 13.6. The van der Waals surface area contributed by atoms with Gasteiger partial charge in [-0.3, -0.25) is 4.72 Å². The molecule has 0 saturated carbocycles. The largest absolute Gasteiger partial charge is 0.277 e. The molecule has 8 heteroatoms. The zero-order chi connectivity index (χ0) is 14.9. The van der Waals surface area contributed by atoms with E-state index >= 15 is 0 Å². The van der Waals surface area contributed by atoms with Gasteiger partial charge in [-0.15, -0.1) is 0 Å². The maximum Gasteiger partial charge on any atom is 0.263 e. The second-order valence-electron chi connectivity index (χ2n) is 3.78. The molecule has 0 aromatic heterocycles. The summed E-state index contributed by atoms with van der Waals surface area (Å²) < 4.78 is 40.0. The third-order valence-corrected chi connectivity index (χ3v) is 4.95. The SMILES string of the molecule is O=S(=O)(Nc1cc(Cl)ccc1F)c1cccc(Cl)c1Cl. The van der Waals surface area contributed by atoms with Crippen molar-refractivity contribution in [1.82, 2.24) is 0 Å². The quantitative estimate of drug-likeness (QED) is 0.876. The third-order valence-electron chi connectivity index (χ3n) is 2.38. The third kappa shape index (κ3) is 3.17. The Balaban J connectivity index is 2.46. The number of sulfonamides is 1. The van der Waals surface area contributed by atoms with E-state index in [2.05, 4.69) is 4.72 Å². The summed E-state index contributed by atoms with van der Waals surface area (Å²) in [5, 5.41) is 0.145. The monoisotopic (exact) mass is 353 g/mol. The van der Waals surface area contributed by atoms with Gasteiger partial charge >= 0.3 is 0 Å². The predicted molar refractivity (Wildman–Crippen MR) is 78.7 cm³/mol. The molecule has 0 aliphatic heterocycles. The Labute approximate surface area is 130 Å². The predicted octanol–water partition coefficient (Wildman–Crippen LogP) is 4.59. The molecule has 0 heterocycles. The van der Waals surface area contributed by atoms with Gasteiger partial charge in [0.2, 0.25) is 0 Å². The zero-order valence-corrected chi connectivity index (χ0v) is 12.8. The van der Waals surface area contributed by atoms with Gasteiger partial charge in [-0.25, -0.2) is 12.8 Å². The Morgan fingerprint density at radius 3 is 2.45 bits per heavy atom. The van der Waals surface area contributed by atoms with Crippen LogP contribution in [0, 0.1) is 5.82 Å². The Hall–Kier alpha value is -1.01. The molecular formula is C12H7Cl3FNO2S. The van der Waals surface area contributed by atoms with Crippen LogP contribution in [0.4, 0.5) is 10.1 Å². The van der Waals surface area contributed by atoms with Gasteiger partial charge in [-0.05, 0) is 30.3 Å². The fraction of sp³-hybridized carbons (Fsp3) is 0. The van der Waals surface area contributed by atoms with E-state index in [4.69, 9.17) is 34.8 Å². The van der Waals surface area contributed by atoms with Gasteiger partial charge < -0.3 is 0 Å². The fourth-order valence-corrected chi connectivity index (χ4v) is 3.46. The molecule has 3 nitrogen and oxygen atoms in total. The van der Waals surface area contributed by atoms with Crippen molar-refractivity contribution in [2.75, 3.05) is 4.72 Å². The molecule has 0 atom stereocenters. The van der Waals surface area contributed by atoms with Gasteiger partial charge in [0.15, 0.2) is 0 Å². The van der Waals surface area contributed by atoms with Crippen molar-refractivity contribution in [2.24, 2.45) is 0 Å². The van der Waals surface area contributed by atoms with Crippen molar-refractivity contribution in [2.45, 2.75) is 4.90 Å². The minimum absolute atomic E-state index is 0.0844. The lowest BCUT2D eigenvalue weighted by Crippen LogP contribution is -2.14. The summed E-state index contributed by atoms with van der Waals surface area (Å²) in [6.07, 6.45) is 0. The van der Waals surface area contributed by atoms with Crippen LogP contribution in [0.1, 0.15) is 0 Å². The van der Waals surface area contributed by atoms with E-state index in [1.807, 2.05) is 0 Å². The molecule has 1 N–H and O–H groups in total. The average Bonchev–Trinajstić information content (AvgIpc) is 2.36. The number of nitrogens with one attached hydrogen (secondary N) is 1. The van der Waals surface area contributed by atoms with Crippen LogP contribution in [0.25, 0.3) is 0 Å². The van der Waals surface area contributed by atoms with Gasteiger partial charge in [-0.2, -0.15) is 0 Å². The van der Waals surface area contributed by atoms with Crippen molar-refractivity contribution in [3.63, 3.8) is 0 Å². The van der Waals surface area contributed by atoms with Gasteiger partial charge in [0, 0.05) is 5.02 Å². The Morgan fingerprint density at radius 2 is 1.75 bits per heavy atom. The standard InChI is InChI=1S/C12H7Cl3FNO2S/c13-7-4-5-9(16)10(6-7)17-20(18,19)11-3-1-2-8(14)12(11)15/h1-6,17H. The highest BCUT2D eigenvalue weighted by Crippen LogP contribution is 2.31. The number of rotatable bonds is 3. The zero-order valence-electron chi connectivity index (χ0n) is 9.70. The van der Waals surface area contributed by atoms with Gasteiger partial charge in [0.05, 0.1) is 15.7 Å². The molecule has 106 valence electrons. The van der Waals surface area contributed by atoms with Crippen LogP contribution in [0.15, 0.2) is 41.3 Å². The highest BCUT2D eigenvalue weighted by atomic mass is 35.5. The van der Waals surface area contributed by atoms with E-state index in [0.29, 0.717) is 0 Å². The summed E-state index contributed by atoms with van der Waals surface area (Å²) in [4.78, 5) is -0.244. The molecule has 0 aliphatic carbocycles. The summed E-state index contributed by atoms with van der Waals surface area (Å²) >= 11 is 17.3. The van der Waals surface area contributed by atoms with E-state index in [0.717, 1.165) is 12.1 Å². The Bertz CT molecular complexity index is 765. The minimum atomic E-state index is -4.07. The Kier molecular flexibility index (Phi) is 4.44. The van der Waals surface area contributed by atoms with E-state index in [-0.39, 0.29) is 25.7 Å². The van der Waals surface area contributed by atoms with Crippen molar-refractivity contribution in [1.29, 1.82) is 0 Å². The highest BCUT2D eigenvalue weighted by Gasteiger charge is 2.21. The fourth-order valence-electron chi connectivity index (χ4n) is 1.47. The number of anilines is 1. The highest BCUT2D eigenvalue weighted by molar-refractivity contribution is 7.92. The molecule has 0 fully saturated rings. The van der Waals surface area contributed by atoms with Crippen molar-refractivity contribution in [3.05, 3.63) is 57.3 Å². The van der Waals surface area contributed by atoms with Crippen LogP contribution in [-0.4, -0.2) is 8.42 Å². The van der Waals surface area contributed by atoms with Crippen LogP contribution in [0.3, 0.4) is 0 Å². The molecule has 2 rings (SSSR count). The van der Waals surface area contributed by atoms with Crippen molar-refractivity contribution in [3.8, 4) is 0 Å². The summed E-state index contributed by atoms with van der Waals surface area (Å²) in [5.74, 6) is -0.754. The Morgan fingerprint density at radius 1 is 1.05 bits per heavy atom. The molecule has 2 aromatic rings. The van der Waals surface area contributed by atoms with Crippen molar-refractivity contribution < 1.29 is 12.8 Å². The number of benzene rings is 2. The lowest BCUT2D eigenvalue weighted by Gasteiger charge is -2.11. The van der Waals surface area contributed by atoms with E-state index in [1.54, 1.807) is 0 Å². The molecule has 0 unspecified atom stereocenters. The van der Waals surface area contributed by atoms with Gasteiger partial charge in [-0.1, -0.05) is 40.9 Å². The van der Waals surface area contributed by atoms with E-state index in [9.17, 15) is 12.8 Å². The van der Waals surface area contributed by atoms with E-state index < -0.39 is 15.8 Å². The van der Waals surface area contributed by atoms with Crippen molar-refractivity contribution >= 4 is 50.5 Å². The molecule has 0 aliphatic rings. The summed E-state index contributed by atoms with van der Waals surface area (Å²) in [7, 11) is -4.07. The molecule has 0 bridgehead atoms. The first kappa shape index (κ1) is 15.4. The van der Waals surface area contributed by atoms with Crippen LogP contribution in [0.5, 0.6) is 0 Å². The maximum absolute atomic E-state index is 13.6. The van der Waals surface area contributed by atoms with Crippen LogP contribution in [-0.2, 0) is 10.0 Å². The summed E-state index contributed by atoms with van der Waals surface area (Å²) in [6, 6.07) is 7.66. The lowest BCUT2D eigenvalue weighted by atomic mass is 10.3. The van der Waals surface area contributed by atoms with Gasteiger partial charge in [0.25, 0.3) is 10.0 Å². The first-order chi connectivity index (χ1) is 9.31. The first-order valence-electron chi connectivity index (χ1n) is 5.23. The topological polar surface area (TPSA) is 46.2 Å². The molecule has 2 aromatic carbocycles. The molecule has 20 heavy (non-hydrogen) atoms. The second kappa shape index (κ2) is 5.77. The molecule has 0 radical (unpaired) electrons. The molecule has 0 amide bonds. The first-order valence-corrected chi connectivity index (χ1v) is 7.85. The summed E-state index contributed by atoms with van der Waals surface area (Å²) in [5.41, 5.74) is -0.270. The van der Waals surface area contributed by atoms with Gasteiger partial charge in [0.1, 0.15) is 10.7 Å². The number of hydrogen-bond acceptors (Lipinski definition) is 2. The number of hydrogen-bond donors (Lipinski definition) is 1. The van der Waals surface area contributed by atoms with Crippen LogP contribution >= 0.6 is 34.8 Å². The lowest BCUT2D eigenvalue weighted by molar-refractivity contribution is 0.598. The van der Waals surface area contributed by atoms with E-state index in [1.165, 1.54) is 24.3 Å².